The second-order valence-electron chi connectivity index (χ2n) is 18.0. The standard InChI is InChI=1S/C47H53F3N4O6S/c1-30(2)54-38-21-13-20-37(32-17-12-19-34(25-32)47(48,49)50)41(38)51-44(54)60-36-26-39-40(55)28-46(43(57)52-61(58,59)45(3)22-23-45)27-35(46)18-11-6-4-5-10-16-33(42(56)53(39)29-36)24-31-14-8-7-9-15-31/h7-9,11-15,17-21,25,30,33,35-36,39H,4-6,10,16,22-24,26-29H2,1-3H3,(H,52,57)/b18-11-/t33-,35-,36-,39+,46-/m1/s1. The first-order valence-electron chi connectivity index (χ1n) is 21.5. The van der Waals surface area contributed by atoms with Crippen LogP contribution in [0.2, 0.25) is 0 Å². The number of fused-ring (bicyclic) bond motifs is 3. The number of ether oxygens (including phenoxy) is 1. The summed E-state index contributed by atoms with van der Waals surface area (Å²) in [5.74, 6) is -1.95. The van der Waals surface area contributed by atoms with Gasteiger partial charge in [-0.05, 0) is 101 Å². The number of imidazole rings is 1. The average Bonchev–Trinajstić information content (AvgIpc) is 4.04. The van der Waals surface area contributed by atoms with Gasteiger partial charge in [0, 0.05) is 30.4 Å². The van der Waals surface area contributed by atoms with Gasteiger partial charge < -0.3 is 9.64 Å². The summed E-state index contributed by atoms with van der Waals surface area (Å²) in [7, 11) is -3.97. The number of aromatic nitrogens is 2. The molecule has 2 amide bonds. The van der Waals surface area contributed by atoms with Crippen LogP contribution in [-0.4, -0.2) is 63.9 Å². The fourth-order valence-corrected chi connectivity index (χ4v) is 10.6. The lowest BCUT2D eigenvalue weighted by Crippen LogP contribution is -2.47. The number of benzene rings is 3. The summed E-state index contributed by atoms with van der Waals surface area (Å²) in [6.07, 6.45) is 4.28. The number of allylic oxidation sites excluding steroid dienone is 2. The number of rotatable bonds is 9. The zero-order valence-corrected chi connectivity index (χ0v) is 35.6. The van der Waals surface area contributed by atoms with Crippen molar-refractivity contribution in [3.63, 3.8) is 0 Å². The third kappa shape index (κ3) is 8.61. The molecule has 3 aromatic carbocycles. The molecule has 1 saturated heterocycles. The molecule has 4 aromatic rings. The number of halogens is 3. The maximum absolute atomic E-state index is 14.9. The molecule has 2 aliphatic carbocycles. The number of carbonyl (C=O) groups excluding carboxylic acids is 3. The molecule has 1 N–H and O–H groups in total. The Labute approximate surface area is 355 Å². The summed E-state index contributed by atoms with van der Waals surface area (Å²) in [5.41, 5.74) is 0.897. The summed E-state index contributed by atoms with van der Waals surface area (Å²) >= 11 is 0. The van der Waals surface area contributed by atoms with Crippen LogP contribution in [0, 0.1) is 17.3 Å². The maximum atomic E-state index is 14.9. The van der Waals surface area contributed by atoms with Crippen LogP contribution in [0.15, 0.2) is 84.9 Å². The topological polar surface area (TPSA) is 128 Å². The predicted octanol–water partition coefficient (Wildman–Crippen LogP) is 8.99. The van der Waals surface area contributed by atoms with E-state index in [1.165, 1.54) is 6.07 Å². The number of sulfonamides is 1. The van der Waals surface area contributed by atoms with Gasteiger partial charge in [-0.15, -0.1) is 0 Å². The van der Waals surface area contributed by atoms with E-state index in [1.807, 2.05) is 67.0 Å². The highest BCUT2D eigenvalue weighted by Gasteiger charge is 2.62. The molecule has 2 saturated carbocycles. The Bertz CT molecular complexity index is 2460. The number of hydrogen-bond donors (Lipinski definition) is 1. The van der Waals surface area contributed by atoms with Gasteiger partial charge in [-0.3, -0.25) is 23.7 Å². The zero-order valence-electron chi connectivity index (χ0n) is 34.8. The largest absolute Gasteiger partial charge is 0.459 e. The van der Waals surface area contributed by atoms with Crippen molar-refractivity contribution in [1.29, 1.82) is 0 Å². The van der Waals surface area contributed by atoms with Gasteiger partial charge in [-0.2, -0.15) is 18.2 Å². The van der Waals surface area contributed by atoms with Crippen LogP contribution in [0.25, 0.3) is 22.2 Å². The van der Waals surface area contributed by atoms with Crippen molar-refractivity contribution in [2.24, 2.45) is 17.3 Å². The van der Waals surface area contributed by atoms with Crippen LogP contribution in [0.5, 0.6) is 6.01 Å². The molecular weight excluding hydrogens is 806 g/mol. The summed E-state index contributed by atoms with van der Waals surface area (Å²) in [6.45, 7) is 5.57. The fraction of sp³-hybridized carbons (Fsp3) is 0.489. The van der Waals surface area contributed by atoms with E-state index in [-0.39, 0.29) is 49.0 Å². The van der Waals surface area contributed by atoms with Crippen molar-refractivity contribution in [1.82, 2.24) is 19.2 Å². The number of para-hydroxylation sites is 1. The molecule has 4 aliphatic rings. The van der Waals surface area contributed by atoms with Gasteiger partial charge in [-0.1, -0.05) is 79.6 Å². The SMILES string of the molecule is CC(C)n1c(O[C@@H]2C[C@H]3C(=O)C[C@]4(C(=O)NS(=O)(=O)C5(C)CC5)C[C@H]4/C=C\CCCCC[C@H](Cc4ccccc4)C(=O)N3C2)nc2c(-c3cccc(C(F)(F)F)c3)cccc21. The van der Waals surface area contributed by atoms with Crippen molar-refractivity contribution >= 4 is 38.7 Å². The lowest BCUT2D eigenvalue weighted by molar-refractivity contribution is -0.142. The number of Topliss-reactive ketones (excluding diaryl/α,β-unsaturated/α-hetero) is 1. The van der Waals surface area contributed by atoms with Crippen molar-refractivity contribution in [2.45, 2.75) is 121 Å². The first kappa shape index (κ1) is 42.7. The summed E-state index contributed by atoms with van der Waals surface area (Å²) < 4.78 is 77.7. The molecule has 1 aromatic heterocycles. The molecular formula is C47H53F3N4O6S. The molecule has 0 spiro atoms. The molecule has 61 heavy (non-hydrogen) atoms. The normalized spacial score (nSPS) is 26.2. The second-order valence-corrected chi connectivity index (χ2v) is 20.2. The summed E-state index contributed by atoms with van der Waals surface area (Å²) in [5, 5.41) is 0. The number of carbonyl (C=O) groups is 3. The first-order valence-corrected chi connectivity index (χ1v) is 22.9. The fourth-order valence-electron chi connectivity index (χ4n) is 9.24. The Hall–Kier alpha value is -4.98. The minimum absolute atomic E-state index is 0.0670. The van der Waals surface area contributed by atoms with E-state index >= 15 is 0 Å². The zero-order chi connectivity index (χ0) is 43.3. The van der Waals surface area contributed by atoms with Crippen molar-refractivity contribution < 1.29 is 40.7 Å². The minimum atomic E-state index is -4.53. The van der Waals surface area contributed by atoms with Crippen molar-refractivity contribution in [2.75, 3.05) is 6.54 Å². The highest BCUT2D eigenvalue weighted by molar-refractivity contribution is 7.91. The van der Waals surface area contributed by atoms with Crippen LogP contribution in [0.4, 0.5) is 13.2 Å². The van der Waals surface area contributed by atoms with Crippen LogP contribution in [-0.2, 0) is 37.0 Å². The number of alkyl halides is 3. The molecule has 0 radical (unpaired) electrons. The number of nitrogens with zero attached hydrogens (tertiary/aromatic N) is 3. The van der Waals surface area contributed by atoms with E-state index < -0.39 is 55.9 Å². The molecule has 324 valence electrons. The summed E-state index contributed by atoms with van der Waals surface area (Å²) in [6, 6.07) is 19.3. The molecule has 3 heterocycles. The van der Waals surface area contributed by atoms with E-state index in [0.29, 0.717) is 54.3 Å². The van der Waals surface area contributed by atoms with Gasteiger partial charge in [0.05, 0.1) is 33.8 Å². The van der Waals surface area contributed by atoms with Gasteiger partial charge >= 0.3 is 6.18 Å². The van der Waals surface area contributed by atoms with Crippen LogP contribution >= 0.6 is 0 Å². The Morgan fingerprint density at radius 2 is 1.75 bits per heavy atom. The molecule has 8 rings (SSSR count). The monoisotopic (exact) mass is 858 g/mol. The molecule has 0 bridgehead atoms. The van der Waals surface area contributed by atoms with Gasteiger partial charge in [0.15, 0.2) is 5.78 Å². The van der Waals surface area contributed by atoms with E-state index in [4.69, 9.17) is 9.72 Å². The van der Waals surface area contributed by atoms with E-state index in [2.05, 4.69) is 4.72 Å². The molecule has 14 heteroatoms. The molecule has 2 aliphatic heterocycles. The number of nitrogens with one attached hydrogen (secondary N) is 1. The Balaban J connectivity index is 1.14. The van der Waals surface area contributed by atoms with Gasteiger partial charge in [0.2, 0.25) is 21.8 Å². The third-order valence-corrected chi connectivity index (χ3v) is 15.4. The van der Waals surface area contributed by atoms with Gasteiger partial charge in [0.1, 0.15) is 11.6 Å². The van der Waals surface area contributed by atoms with E-state index in [0.717, 1.165) is 43.4 Å². The molecule has 3 fully saturated rings. The maximum Gasteiger partial charge on any atom is 0.416 e. The van der Waals surface area contributed by atoms with Gasteiger partial charge in [0.25, 0.3) is 6.01 Å². The Morgan fingerprint density at radius 1 is 1.00 bits per heavy atom. The Morgan fingerprint density at radius 3 is 2.48 bits per heavy atom. The highest BCUT2D eigenvalue weighted by atomic mass is 32.2. The smallest absolute Gasteiger partial charge is 0.416 e. The van der Waals surface area contributed by atoms with Crippen molar-refractivity contribution in [3.8, 4) is 17.1 Å². The lowest BCUT2D eigenvalue weighted by atomic mass is 9.90. The number of amides is 2. The van der Waals surface area contributed by atoms with Gasteiger partial charge in [-0.25, -0.2) is 8.42 Å². The highest BCUT2D eigenvalue weighted by Crippen LogP contribution is 2.57. The van der Waals surface area contributed by atoms with Crippen LogP contribution < -0.4 is 9.46 Å². The quantitative estimate of drug-likeness (QED) is 0.167. The summed E-state index contributed by atoms with van der Waals surface area (Å²) in [4.78, 5) is 50.2. The molecule has 5 atom stereocenters. The number of hydrogen-bond acceptors (Lipinski definition) is 7. The molecule has 0 unspecified atom stereocenters. The lowest BCUT2D eigenvalue weighted by Gasteiger charge is -2.29. The van der Waals surface area contributed by atoms with E-state index in [1.54, 1.807) is 30.0 Å². The van der Waals surface area contributed by atoms with Crippen molar-refractivity contribution in [3.05, 3.63) is 96.1 Å². The average molecular weight is 859 g/mol. The van der Waals surface area contributed by atoms with Crippen LogP contribution in [0.3, 0.4) is 0 Å². The third-order valence-electron chi connectivity index (χ3n) is 13.3. The Kier molecular flexibility index (Phi) is 11.5. The number of ketones is 1. The van der Waals surface area contributed by atoms with Crippen LogP contribution in [0.1, 0.15) is 102 Å². The second kappa shape index (κ2) is 16.4. The van der Waals surface area contributed by atoms with E-state index in [9.17, 15) is 36.0 Å². The predicted molar refractivity (Wildman–Crippen MR) is 226 cm³/mol. The minimum Gasteiger partial charge on any atom is -0.459 e. The first-order chi connectivity index (χ1) is 29.0. The molecule has 10 nitrogen and oxygen atoms in total.